The Morgan fingerprint density at radius 1 is 1.19 bits per heavy atom. The van der Waals surface area contributed by atoms with Crippen molar-refractivity contribution in [3.63, 3.8) is 0 Å². The second-order valence-corrected chi connectivity index (χ2v) is 9.70. The normalized spacial score (nSPS) is 11.4. The number of carbonyl (C=O) groups is 1. The number of thiophene rings is 1. The smallest absolute Gasteiger partial charge is 0.225 e. The van der Waals surface area contributed by atoms with Crippen LogP contribution < -0.4 is 5.32 Å². The first-order chi connectivity index (χ1) is 12.4. The number of benzene rings is 1. The third kappa shape index (κ3) is 4.78. The number of nitrogens with zero attached hydrogens (tertiary/aromatic N) is 1. The minimum atomic E-state index is -3.22. The highest BCUT2D eigenvalue weighted by atomic mass is 32.2. The minimum absolute atomic E-state index is 0.0636. The van der Waals surface area contributed by atoms with Gasteiger partial charge in [-0.15, -0.1) is 22.7 Å². The number of thiazole rings is 1. The first-order valence-corrected chi connectivity index (χ1v) is 11.6. The lowest BCUT2D eigenvalue weighted by Gasteiger charge is -2.07. The highest BCUT2D eigenvalue weighted by molar-refractivity contribution is 7.90. The minimum Gasteiger partial charge on any atom is -0.355 e. The largest absolute Gasteiger partial charge is 0.355 e. The Labute approximate surface area is 160 Å². The van der Waals surface area contributed by atoms with Gasteiger partial charge in [-0.2, -0.15) is 0 Å². The third-order valence-electron chi connectivity index (χ3n) is 3.78. The molecule has 2 aromatic heterocycles. The van der Waals surface area contributed by atoms with Gasteiger partial charge in [-0.05, 0) is 35.6 Å². The van der Waals surface area contributed by atoms with E-state index >= 15 is 0 Å². The zero-order valence-corrected chi connectivity index (χ0v) is 16.6. The third-order valence-corrected chi connectivity index (χ3v) is 6.60. The summed E-state index contributed by atoms with van der Waals surface area (Å²) in [6, 6.07) is 10.8. The Morgan fingerprint density at radius 3 is 2.77 bits per heavy atom. The molecular formula is C18H18N2O3S3. The fourth-order valence-corrected chi connectivity index (χ4v) is 4.77. The van der Waals surface area contributed by atoms with Gasteiger partial charge in [0.05, 0.1) is 27.4 Å². The van der Waals surface area contributed by atoms with Crippen molar-refractivity contribution in [2.45, 2.75) is 17.7 Å². The van der Waals surface area contributed by atoms with Gasteiger partial charge in [0.1, 0.15) is 0 Å². The molecule has 0 bridgehead atoms. The van der Waals surface area contributed by atoms with Crippen LogP contribution in [0.1, 0.15) is 10.4 Å². The van der Waals surface area contributed by atoms with Crippen LogP contribution in [0.4, 0.5) is 0 Å². The van der Waals surface area contributed by atoms with Crippen molar-refractivity contribution in [3.8, 4) is 10.6 Å². The summed E-state index contributed by atoms with van der Waals surface area (Å²) < 4.78 is 23.2. The summed E-state index contributed by atoms with van der Waals surface area (Å²) in [6.45, 7) is 0.458. The van der Waals surface area contributed by atoms with Crippen LogP contribution in [0.2, 0.25) is 0 Å². The van der Waals surface area contributed by atoms with Crippen LogP contribution in [0.25, 0.3) is 10.6 Å². The SMILES string of the molecule is CS(=O)(=O)c1cccc(CCNC(=O)Cc2scnc2-c2cccs2)c1. The van der Waals surface area contributed by atoms with Crippen LogP contribution in [0.5, 0.6) is 0 Å². The molecule has 0 unspecified atom stereocenters. The predicted octanol–water partition coefficient (Wildman–Crippen LogP) is 3.18. The highest BCUT2D eigenvalue weighted by Crippen LogP contribution is 2.29. The van der Waals surface area contributed by atoms with Crippen molar-refractivity contribution in [2.24, 2.45) is 0 Å². The molecule has 0 aliphatic rings. The van der Waals surface area contributed by atoms with Crippen molar-refractivity contribution in [2.75, 3.05) is 12.8 Å². The van der Waals surface area contributed by atoms with Gasteiger partial charge < -0.3 is 5.32 Å². The van der Waals surface area contributed by atoms with E-state index in [9.17, 15) is 13.2 Å². The van der Waals surface area contributed by atoms with Crippen molar-refractivity contribution in [1.29, 1.82) is 0 Å². The maximum absolute atomic E-state index is 12.2. The van der Waals surface area contributed by atoms with Crippen LogP contribution in [0.15, 0.2) is 52.2 Å². The Morgan fingerprint density at radius 2 is 2.04 bits per heavy atom. The van der Waals surface area contributed by atoms with Gasteiger partial charge in [0.25, 0.3) is 0 Å². The molecule has 1 aromatic carbocycles. The molecule has 3 aromatic rings. The monoisotopic (exact) mass is 406 g/mol. The molecule has 0 radical (unpaired) electrons. The summed E-state index contributed by atoms with van der Waals surface area (Å²) in [7, 11) is -3.22. The van der Waals surface area contributed by atoms with E-state index < -0.39 is 9.84 Å². The predicted molar refractivity (Wildman–Crippen MR) is 105 cm³/mol. The van der Waals surface area contributed by atoms with E-state index in [0.717, 1.165) is 21.0 Å². The summed E-state index contributed by atoms with van der Waals surface area (Å²) in [5, 5.41) is 4.88. The molecule has 136 valence electrons. The van der Waals surface area contributed by atoms with Crippen molar-refractivity contribution in [1.82, 2.24) is 10.3 Å². The van der Waals surface area contributed by atoms with Crippen LogP contribution in [-0.2, 0) is 27.5 Å². The van der Waals surface area contributed by atoms with E-state index in [4.69, 9.17) is 0 Å². The Balaban J connectivity index is 1.55. The highest BCUT2D eigenvalue weighted by Gasteiger charge is 2.13. The molecule has 1 N–H and O–H groups in total. The zero-order valence-electron chi connectivity index (χ0n) is 14.1. The topological polar surface area (TPSA) is 76.1 Å². The quantitative estimate of drug-likeness (QED) is 0.654. The molecule has 0 saturated heterocycles. The zero-order chi connectivity index (χ0) is 18.6. The van der Waals surface area contributed by atoms with E-state index in [1.807, 2.05) is 23.6 Å². The van der Waals surface area contributed by atoms with Gasteiger partial charge in [0, 0.05) is 17.7 Å². The Kier molecular flexibility index (Phi) is 5.85. The summed E-state index contributed by atoms with van der Waals surface area (Å²) >= 11 is 3.08. The van der Waals surface area contributed by atoms with Gasteiger partial charge >= 0.3 is 0 Å². The molecule has 0 saturated carbocycles. The van der Waals surface area contributed by atoms with E-state index in [2.05, 4.69) is 10.3 Å². The molecule has 3 rings (SSSR count). The molecule has 0 aliphatic carbocycles. The molecule has 0 aliphatic heterocycles. The summed E-state index contributed by atoms with van der Waals surface area (Å²) in [6.07, 6.45) is 2.06. The van der Waals surface area contributed by atoms with Crippen molar-refractivity contribution in [3.05, 3.63) is 57.7 Å². The maximum Gasteiger partial charge on any atom is 0.225 e. The fourth-order valence-electron chi connectivity index (χ4n) is 2.50. The van der Waals surface area contributed by atoms with Crippen molar-refractivity contribution >= 4 is 38.4 Å². The number of aromatic nitrogens is 1. The van der Waals surface area contributed by atoms with Gasteiger partial charge in [-0.1, -0.05) is 18.2 Å². The molecule has 26 heavy (non-hydrogen) atoms. The van der Waals surface area contributed by atoms with Gasteiger partial charge in [-0.25, -0.2) is 13.4 Å². The average molecular weight is 407 g/mol. The summed E-state index contributed by atoms with van der Waals surface area (Å²) in [4.78, 5) is 18.9. The first kappa shape index (κ1) is 18.8. The molecule has 1 amide bonds. The molecule has 0 spiro atoms. The van der Waals surface area contributed by atoms with Gasteiger partial charge in [0.2, 0.25) is 5.91 Å². The van der Waals surface area contributed by atoms with Crippen molar-refractivity contribution < 1.29 is 13.2 Å². The number of sulfone groups is 1. The maximum atomic E-state index is 12.2. The number of amides is 1. The summed E-state index contributed by atoms with van der Waals surface area (Å²) in [5.74, 6) is -0.0636. The van der Waals surface area contributed by atoms with Crippen LogP contribution in [0, 0.1) is 0 Å². The Bertz CT molecular complexity index is 992. The molecular weight excluding hydrogens is 388 g/mol. The molecule has 0 fully saturated rings. The van der Waals surface area contributed by atoms with Crippen LogP contribution in [0.3, 0.4) is 0 Å². The number of hydrogen-bond donors (Lipinski definition) is 1. The van der Waals surface area contributed by atoms with E-state index in [0.29, 0.717) is 24.3 Å². The van der Waals surface area contributed by atoms with Crippen LogP contribution in [-0.4, -0.2) is 32.1 Å². The van der Waals surface area contributed by atoms with E-state index in [1.54, 1.807) is 35.0 Å². The first-order valence-electron chi connectivity index (χ1n) is 7.95. The number of carbonyl (C=O) groups excluding carboxylic acids is 1. The van der Waals surface area contributed by atoms with Crippen LogP contribution >= 0.6 is 22.7 Å². The fraction of sp³-hybridized carbons (Fsp3) is 0.222. The standard InChI is InChI=1S/C18H18N2O3S3/c1-26(22,23)14-5-2-4-13(10-14)7-8-19-17(21)11-16-18(20-12-25-16)15-6-3-9-24-15/h2-6,9-10,12H,7-8,11H2,1H3,(H,19,21). The molecule has 0 atom stereocenters. The average Bonchev–Trinajstić information content (AvgIpc) is 3.25. The summed E-state index contributed by atoms with van der Waals surface area (Å²) in [5.41, 5.74) is 3.51. The Hall–Kier alpha value is -2.03. The molecule has 5 nitrogen and oxygen atoms in total. The number of rotatable bonds is 7. The lowest BCUT2D eigenvalue weighted by atomic mass is 10.1. The van der Waals surface area contributed by atoms with Gasteiger partial charge in [-0.3, -0.25) is 4.79 Å². The van der Waals surface area contributed by atoms with Gasteiger partial charge in [0.15, 0.2) is 9.84 Å². The van der Waals surface area contributed by atoms with E-state index in [-0.39, 0.29) is 5.91 Å². The molecule has 2 heterocycles. The lowest BCUT2D eigenvalue weighted by molar-refractivity contribution is -0.120. The number of nitrogens with one attached hydrogen (secondary N) is 1. The van der Waals surface area contributed by atoms with E-state index in [1.165, 1.54) is 17.6 Å². The second-order valence-electron chi connectivity index (χ2n) is 5.80. The number of hydrogen-bond acceptors (Lipinski definition) is 6. The lowest BCUT2D eigenvalue weighted by Crippen LogP contribution is -2.27. The second kappa shape index (κ2) is 8.11. The molecule has 8 heteroatoms.